The molecule has 0 bridgehead atoms. The summed E-state index contributed by atoms with van der Waals surface area (Å²) in [5.74, 6) is -0.301. The Balaban J connectivity index is 1.91. The van der Waals surface area contributed by atoms with Crippen LogP contribution in [0.15, 0.2) is 24.4 Å². The fourth-order valence-corrected chi connectivity index (χ4v) is 2.59. The molecule has 1 unspecified atom stereocenters. The number of benzene rings is 1. The summed E-state index contributed by atoms with van der Waals surface area (Å²) in [7, 11) is 1.52. The van der Waals surface area contributed by atoms with Gasteiger partial charge in [0.05, 0.1) is 18.3 Å². The van der Waals surface area contributed by atoms with Gasteiger partial charge in [-0.05, 0) is 32.0 Å². The van der Waals surface area contributed by atoms with Gasteiger partial charge in [0.15, 0.2) is 6.10 Å². The van der Waals surface area contributed by atoms with Gasteiger partial charge in [0, 0.05) is 24.2 Å². The predicted molar refractivity (Wildman–Crippen MR) is 81.8 cm³/mol. The summed E-state index contributed by atoms with van der Waals surface area (Å²) in [5.41, 5.74) is 1.71. The van der Waals surface area contributed by atoms with Gasteiger partial charge in [0.1, 0.15) is 0 Å². The molecule has 0 radical (unpaired) electrons. The van der Waals surface area contributed by atoms with Gasteiger partial charge in [-0.3, -0.25) is 14.4 Å². The van der Waals surface area contributed by atoms with Crippen LogP contribution >= 0.6 is 0 Å². The summed E-state index contributed by atoms with van der Waals surface area (Å²) in [6.07, 6.45) is 0.493. The lowest BCUT2D eigenvalue weighted by molar-refractivity contribution is -0.127. The first-order valence-corrected chi connectivity index (χ1v) is 7.18. The van der Waals surface area contributed by atoms with Gasteiger partial charge >= 0.3 is 6.09 Å². The highest BCUT2D eigenvalue weighted by atomic mass is 16.6. The Morgan fingerprint density at radius 1 is 1.45 bits per heavy atom. The lowest BCUT2D eigenvalue weighted by Crippen LogP contribution is -2.35. The summed E-state index contributed by atoms with van der Waals surface area (Å²) in [6, 6.07) is 5.92. The van der Waals surface area contributed by atoms with E-state index in [1.54, 1.807) is 6.20 Å². The fourth-order valence-electron chi connectivity index (χ4n) is 2.59. The van der Waals surface area contributed by atoms with Gasteiger partial charge in [-0.1, -0.05) is 0 Å². The Hall–Kier alpha value is -2.57. The van der Waals surface area contributed by atoms with E-state index < -0.39 is 12.2 Å². The molecule has 7 heteroatoms. The topological polar surface area (TPSA) is 76.5 Å². The second-order valence-electron chi connectivity index (χ2n) is 5.52. The number of ether oxygens (including phenoxy) is 1. The van der Waals surface area contributed by atoms with E-state index in [1.807, 2.05) is 22.9 Å². The molecule has 116 valence electrons. The molecule has 1 atom stereocenters. The molecule has 0 spiro atoms. The normalized spacial score (nSPS) is 18.1. The molecule has 7 nitrogen and oxygen atoms in total. The van der Waals surface area contributed by atoms with E-state index in [0.717, 1.165) is 10.9 Å². The fraction of sp³-hybridized carbons (Fsp3) is 0.400. The Morgan fingerprint density at radius 3 is 2.91 bits per heavy atom. The molecule has 22 heavy (non-hydrogen) atoms. The Labute approximate surface area is 127 Å². The van der Waals surface area contributed by atoms with Crippen molar-refractivity contribution in [3.05, 3.63) is 24.4 Å². The summed E-state index contributed by atoms with van der Waals surface area (Å²) in [6.45, 7) is 4.33. The van der Waals surface area contributed by atoms with Crippen LogP contribution in [0.3, 0.4) is 0 Å². The lowest BCUT2D eigenvalue weighted by atomic mass is 10.2. The van der Waals surface area contributed by atoms with Gasteiger partial charge in [-0.2, -0.15) is 5.10 Å². The molecule has 3 rings (SSSR count). The Bertz CT molecular complexity index is 737. The maximum Gasteiger partial charge on any atom is 0.415 e. The van der Waals surface area contributed by atoms with Crippen molar-refractivity contribution < 1.29 is 14.3 Å². The molecular formula is C15H18N4O3. The first kappa shape index (κ1) is 14.4. The highest BCUT2D eigenvalue weighted by Crippen LogP contribution is 2.27. The molecule has 1 aromatic carbocycles. The molecule has 2 amide bonds. The van der Waals surface area contributed by atoms with Gasteiger partial charge in [0.25, 0.3) is 5.91 Å². The van der Waals surface area contributed by atoms with E-state index in [-0.39, 0.29) is 18.5 Å². The van der Waals surface area contributed by atoms with Crippen molar-refractivity contribution in [1.29, 1.82) is 0 Å². The standard InChI is InChI=1S/C15H18N4O3/c1-9(2)19-12-5-4-11(6-10(12)7-17-19)18-8-13(14(20)16-3)22-15(18)21/h4-7,9,13H,8H2,1-3H3,(H,16,20). The van der Waals surface area contributed by atoms with Crippen LogP contribution < -0.4 is 10.2 Å². The number of hydrogen-bond acceptors (Lipinski definition) is 4. The molecule has 1 aliphatic heterocycles. The van der Waals surface area contributed by atoms with Crippen LogP contribution in [0.4, 0.5) is 10.5 Å². The monoisotopic (exact) mass is 302 g/mol. The van der Waals surface area contributed by atoms with Crippen LogP contribution in [-0.4, -0.2) is 41.5 Å². The Kier molecular flexibility index (Phi) is 3.48. The van der Waals surface area contributed by atoms with Gasteiger partial charge in [-0.25, -0.2) is 4.79 Å². The van der Waals surface area contributed by atoms with Crippen molar-refractivity contribution in [2.24, 2.45) is 0 Å². The molecule has 2 aromatic rings. The summed E-state index contributed by atoms with van der Waals surface area (Å²) < 4.78 is 7.02. The minimum atomic E-state index is -0.772. The molecule has 2 heterocycles. The maximum absolute atomic E-state index is 12.0. The van der Waals surface area contributed by atoms with Crippen LogP contribution in [0.1, 0.15) is 19.9 Å². The maximum atomic E-state index is 12.0. The summed E-state index contributed by atoms with van der Waals surface area (Å²) in [4.78, 5) is 25.0. The number of carbonyl (C=O) groups excluding carboxylic acids is 2. The van der Waals surface area contributed by atoms with Crippen molar-refractivity contribution in [1.82, 2.24) is 15.1 Å². The van der Waals surface area contributed by atoms with Crippen molar-refractivity contribution in [2.75, 3.05) is 18.5 Å². The zero-order valence-corrected chi connectivity index (χ0v) is 12.7. The number of carbonyl (C=O) groups is 2. The average molecular weight is 302 g/mol. The van der Waals surface area contributed by atoms with Gasteiger partial charge in [0.2, 0.25) is 0 Å². The number of nitrogens with one attached hydrogen (secondary N) is 1. The molecule has 1 fully saturated rings. The molecule has 0 aliphatic carbocycles. The van der Waals surface area contributed by atoms with Crippen molar-refractivity contribution >= 4 is 28.6 Å². The van der Waals surface area contributed by atoms with Crippen LogP contribution in [0.5, 0.6) is 0 Å². The van der Waals surface area contributed by atoms with E-state index in [0.29, 0.717) is 5.69 Å². The number of fused-ring (bicyclic) bond motifs is 1. The van der Waals surface area contributed by atoms with E-state index >= 15 is 0 Å². The number of hydrogen-bond donors (Lipinski definition) is 1. The molecule has 0 saturated carbocycles. The van der Waals surface area contributed by atoms with Crippen molar-refractivity contribution in [3.63, 3.8) is 0 Å². The van der Waals surface area contributed by atoms with Gasteiger partial charge < -0.3 is 10.1 Å². The third kappa shape index (κ3) is 2.28. The second kappa shape index (κ2) is 5.32. The van der Waals surface area contributed by atoms with Crippen LogP contribution in [0.2, 0.25) is 0 Å². The molecule has 1 N–H and O–H groups in total. The largest absolute Gasteiger partial charge is 0.434 e. The summed E-state index contributed by atoms with van der Waals surface area (Å²) in [5, 5.41) is 7.79. The minimum absolute atomic E-state index is 0.211. The highest BCUT2D eigenvalue weighted by molar-refractivity contribution is 5.97. The highest BCUT2D eigenvalue weighted by Gasteiger charge is 2.36. The third-order valence-electron chi connectivity index (χ3n) is 3.73. The zero-order valence-electron chi connectivity index (χ0n) is 12.7. The number of rotatable bonds is 3. The van der Waals surface area contributed by atoms with Gasteiger partial charge in [-0.15, -0.1) is 0 Å². The van der Waals surface area contributed by atoms with Crippen LogP contribution in [-0.2, 0) is 9.53 Å². The number of cyclic esters (lactones) is 1. The smallest absolute Gasteiger partial charge is 0.415 e. The van der Waals surface area contributed by atoms with Crippen molar-refractivity contribution in [3.8, 4) is 0 Å². The molecule has 1 aromatic heterocycles. The Morgan fingerprint density at radius 2 is 2.23 bits per heavy atom. The summed E-state index contributed by atoms with van der Waals surface area (Å²) >= 11 is 0. The molecule has 1 saturated heterocycles. The average Bonchev–Trinajstić information content (AvgIpc) is 3.09. The first-order chi connectivity index (χ1) is 10.5. The molecular weight excluding hydrogens is 284 g/mol. The quantitative estimate of drug-likeness (QED) is 0.936. The second-order valence-corrected chi connectivity index (χ2v) is 5.52. The number of nitrogens with zero attached hydrogens (tertiary/aromatic N) is 3. The first-order valence-electron chi connectivity index (χ1n) is 7.18. The number of likely N-dealkylation sites (N-methyl/N-ethyl adjacent to an activating group) is 1. The van der Waals surface area contributed by atoms with E-state index in [1.165, 1.54) is 11.9 Å². The number of anilines is 1. The SMILES string of the molecule is CNC(=O)C1CN(c2ccc3c(cnn3C(C)C)c2)C(=O)O1. The number of amides is 2. The zero-order chi connectivity index (χ0) is 15.9. The van der Waals surface area contributed by atoms with Crippen LogP contribution in [0, 0.1) is 0 Å². The number of aromatic nitrogens is 2. The molecule has 1 aliphatic rings. The predicted octanol–water partition coefficient (Wildman–Crippen LogP) is 1.69. The third-order valence-corrected chi connectivity index (χ3v) is 3.73. The lowest BCUT2D eigenvalue weighted by Gasteiger charge is -2.13. The van der Waals surface area contributed by atoms with E-state index in [2.05, 4.69) is 24.3 Å². The van der Waals surface area contributed by atoms with Crippen LogP contribution in [0.25, 0.3) is 10.9 Å². The van der Waals surface area contributed by atoms with E-state index in [9.17, 15) is 9.59 Å². The van der Waals surface area contributed by atoms with E-state index in [4.69, 9.17) is 4.74 Å². The minimum Gasteiger partial charge on any atom is -0.434 e. The van der Waals surface area contributed by atoms with Crippen molar-refractivity contribution in [2.45, 2.75) is 26.0 Å².